The van der Waals surface area contributed by atoms with Crippen molar-refractivity contribution in [1.82, 2.24) is 0 Å². The fourth-order valence-electron chi connectivity index (χ4n) is 9.48. The maximum Gasteiger partial charge on any atom is 0.246 e. The number of imide groups is 2. The molecule has 5 aromatic carbocycles. The molecule has 6 atom stereocenters. The van der Waals surface area contributed by atoms with Crippen LogP contribution in [0, 0.1) is 23.7 Å². The zero-order chi connectivity index (χ0) is 34.3. The molecule has 0 spiro atoms. The molecular weight excluding hydrogens is 648 g/mol. The Morgan fingerprint density at radius 1 is 0.680 bits per heavy atom. The SMILES string of the molecule is O=C1C2CC=C3C(CC4C(=O)N(c5cccc(Cl)c5)C(=O)C4(c4ccccc4)C3c3c(O)ccc4ccccc34)C2C(=O)N1c1ccccc1. The molecule has 0 radical (unpaired) electrons. The molecule has 0 aromatic heterocycles. The Morgan fingerprint density at radius 2 is 1.38 bits per heavy atom. The van der Waals surface area contributed by atoms with Crippen LogP contribution < -0.4 is 9.80 Å². The van der Waals surface area contributed by atoms with Crippen LogP contribution >= 0.6 is 11.6 Å². The van der Waals surface area contributed by atoms with E-state index in [1.165, 1.54) is 9.80 Å². The molecule has 2 aliphatic carbocycles. The van der Waals surface area contributed by atoms with Crippen LogP contribution in [0.5, 0.6) is 5.75 Å². The Labute approximate surface area is 293 Å². The first-order valence-corrected chi connectivity index (χ1v) is 17.2. The maximum absolute atomic E-state index is 15.5. The van der Waals surface area contributed by atoms with Crippen molar-refractivity contribution in [2.45, 2.75) is 24.2 Å². The average molecular weight is 679 g/mol. The lowest BCUT2D eigenvalue weighted by molar-refractivity contribution is -0.127. The highest BCUT2D eigenvalue weighted by Gasteiger charge is 2.70. The van der Waals surface area contributed by atoms with Gasteiger partial charge >= 0.3 is 0 Å². The molecule has 2 aliphatic heterocycles. The third-order valence-corrected chi connectivity index (χ3v) is 11.7. The summed E-state index contributed by atoms with van der Waals surface area (Å²) in [5.41, 5.74) is 1.35. The predicted octanol–water partition coefficient (Wildman–Crippen LogP) is 7.57. The first kappa shape index (κ1) is 30.5. The molecule has 4 amide bonds. The number of hydrogen-bond donors (Lipinski definition) is 1. The van der Waals surface area contributed by atoms with Crippen molar-refractivity contribution in [2.75, 3.05) is 9.80 Å². The minimum absolute atomic E-state index is 0.00683. The zero-order valence-electron chi connectivity index (χ0n) is 26.8. The number of carbonyl (C=O) groups excluding carboxylic acids is 4. The van der Waals surface area contributed by atoms with Gasteiger partial charge in [0.25, 0.3) is 0 Å². The molecule has 6 unspecified atom stereocenters. The van der Waals surface area contributed by atoms with E-state index >= 15 is 4.79 Å². The zero-order valence-corrected chi connectivity index (χ0v) is 27.5. The van der Waals surface area contributed by atoms with Crippen LogP contribution in [0.25, 0.3) is 10.8 Å². The molecular formula is C42H31ClN2O5. The average Bonchev–Trinajstić information content (AvgIpc) is 3.53. The molecule has 0 bridgehead atoms. The van der Waals surface area contributed by atoms with Gasteiger partial charge in [-0.1, -0.05) is 108 Å². The van der Waals surface area contributed by atoms with Crippen LogP contribution in [0.3, 0.4) is 0 Å². The fraction of sp³-hybridized carbons (Fsp3) is 0.190. The molecule has 1 saturated carbocycles. The number of fused-ring (bicyclic) bond motifs is 5. The van der Waals surface area contributed by atoms with Gasteiger partial charge in [0, 0.05) is 16.5 Å². The van der Waals surface area contributed by atoms with E-state index in [1.54, 1.807) is 54.6 Å². The highest BCUT2D eigenvalue weighted by molar-refractivity contribution is 6.32. The normalized spacial score (nSPS) is 27.3. The van der Waals surface area contributed by atoms with E-state index in [2.05, 4.69) is 0 Å². The van der Waals surface area contributed by atoms with Crippen molar-refractivity contribution in [2.24, 2.45) is 23.7 Å². The second-order valence-corrected chi connectivity index (χ2v) is 14.1. The Hall–Kier alpha value is -5.53. The quantitative estimate of drug-likeness (QED) is 0.156. The first-order valence-electron chi connectivity index (χ1n) is 16.8. The number of allylic oxidation sites excluding steroid dienone is 2. The van der Waals surface area contributed by atoms with Crippen LogP contribution in [0.4, 0.5) is 11.4 Å². The Morgan fingerprint density at radius 3 is 2.14 bits per heavy atom. The molecule has 9 rings (SSSR count). The second kappa shape index (κ2) is 11.3. The molecule has 5 aromatic rings. The number of para-hydroxylation sites is 1. The summed E-state index contributed by atoms with van der Waals surface area (Å²) in [7, 11) is 0. The number of benzene rings is 5. The lowest BCUT2D eigenvalue weighted by Crippen LogP contribution is -2.53. The van der Waals surface area contributed by atoms with Gasteiger partial charge in [-0.3, -0.25) is 24.1 Å². The van der Waals surface area contributed by atoms with Gasteiger partial charge in [-0.25, -0.2) is 4.90 Å². The van der Waals surface area contributed by atoms with Gasteiger partial charge in [-0.2, -0.15) is 0 Å². The summed E-state index contributed by atoms with van der Waals surface area (Å²) >= 11 is 6.42. The van der Waals surface area contributed by atoms with Crippen LogP contribution in [0.2, 0.25) is 5.02 Å². The van der Waals surface area contributed by atoms with Crippen molar-refractivity contribution in [3.63, 3.8) is 0 Å². The minimum Gasteiger partial charge on any atom is -0.508 e. The lowest BCUT2D eigenvalue weighted by Gasteiger charge is -2.51. The fourth-order valence-corrected chi connectivity index (χ4v) is 9.66. The van der Waals surface area contributed by atoms with E-state index in [9.17, 15) is 19.5 Å². The van der Waals surface area contributed by atoms with Crippen molar-refractivity contribution in [3.05, 3.63) is 149 Å². The van der Waals surface area contributed by atoms with Crippen LogP contribution in [0.1, 0.15) is 29.9 Å². The van der Waals surface area contributed by atoms with Gasteiger partial charge in [0.2, 0.25) is 23.6 Å². The van der Waals surface area contributed by atoms with Gasteiger partial charge in [0.15, 0.2) is 0 Å². The molecule has 50 heavy (non-hydrogen) atoms. The van der Waals surface area contributed by atoms with Crippen molar-refractivity contribution in [3.8, 4) is 5.75 Å². The Bertz CT molecular complexity index is 2290. The highest BCUT2D eigenvalue weighted by Crippen LogP contribution is 2.66. The van der Waals surface area contributed by atoms with E-state index in [-0.39, 0.29) is 24.0 Å². The van der Waals surface area contributed by atoms with Gasteiger partial charge in [-0.15, -0.1) is 0 Å². The van der Waals surface area contributed by atoms with E-state index in [1.807, 2.05) is 72.8 Å². The van der Waals surface area contributed by atoms with Gasteiger partial charge in [-0.05, 0) is 71.5 Å². The minimum atomic E-state index is -1.48. The van der Waals surface area contributed by atoms with Crippen LogP contribution in [0.15, 0.2) is 133 Å². The number of phenolic OH excluding ortho intramolecular Hbond substituents is 1. The van der Waals surface area contributed by atoms with Crippen molar-refractivity contribution in [1.29, 1.82) is 0 Å². The largest absolute Gasteiger partial charge is 0.508 e. The van der Waals surface area contributed by atoms with E-state index < -0.39 is 46.8 Å². The van der Waals surface area contributed by atoms with Gasteiger partial charge < -0.3 is 5.11 Å². The van der Waals surface area contributed by atoms with Crippen molar-refractivity contribution < 1.29 is 24.3 Å². The topological polar surface area (TPSA) is 95.0 Å². The second-order valence-electron chi connectivity index (χ2n) is 13.7. The van der Waals surface area contributed by atoms with Gasteiger partial charge in [0.1, 0.15) is 5.75 Å². The number of amides is 4. The number of rotatable bonds is 4. The number of phenols is 1. The molecule has 246 valence electrons. The Balaban J connectivity index is 1.33. The molecule has 2 saturated heterocycles. The summed E-state index contributed by atoms with van der Waals surface area (Å²) in [4.78, 5) is 61.5. The van der Waals surface area contributed by atoms with Crippen LogP contribution in [-0.4, -0.2) is 28.7 Å². The number of carbonyl (C=O) groups is 4. The third kappa shape index (κ3) is 4.10. The predicted molar refractivity (Wildman–Crippen MR) is 191 cm³/mol. The number of halogens is 1. The molecule has 1 N–H and O–H groups in total. The maximum atomic E-state index is 15.5. The van der Waals surface area contributed by atoms with Crippen LogP contribution in [-0.2, 0) is 24.6 Å². The standard InChI is InChI=1S/C42H31ClN2O5/c43-26-13-9-16-28(22-26)45-39(48)33-23-32-30(19-20-31-35(32)40(49)44(38(31)47)27-14-5-2-6-15-27)37(42(33,41(45)50)25-11-3-1-4-12-25)36-29-17-8-7-10-24(29)18-21-34(36)46/h1-19,21-22,31-33,35,37,46H,20,23H2. The molecule has 8 heteroatoms. The number of anilines is 2. The number of aromatic hydroxyl groups is 1. The summed E-state index contributed by atoms with van der Waals surface area (Å²) in [5, 5.41) is 13.9. The Kier molecular flexibility index (Phi) is 6.87. The lowest BCUT2D eigenvalue weighted by atomic mass is 9.48. The first-order chi connectivity index (χ1) is 24.3. The summed E-state index contributed by atoms with van der Waals surface area (Å²) in [6.45, 7) is 0. The highest BCUT2D eigenvalue weighted by atomic mass is 35.5. The molecule has 7 nitrogen and oxygen atoms in total. The smallest absolute Gasteiger partial charge is 0.246 e. The van der Waals surface area contributed by atoms with E-state index in [0.29, 0.717) is 33.9 Å². The summed E-state index contributed by atoms with van der Waals surface area (Å²) < 4.78 is 0. The summed E-state index contributed by atoms with van der Waals surface area (Å²) in [5.74, 6) is -5.04. The molecule has 2 heterocycles. The monoisotopic (exact) mass is 678 g/mol. The van der Waals surface area contributed by atoms with Gasteiger partial charge in [0.05, 0.1) is 34.5 Å². The van der Waals surface area contributed by atoms with E-state index in [0.717, 1.165) is 16.3 Å². The number of hydrogen-bond acceptors (Lipinski definition) is 5. The third-order valence-electron chi connectivity index (χ3n) is 11.4. The molecule has 4 aliphatic rings. The van der Waals surface area contributed by atoms with E-state index in [4.69, 9.17) is 11.6 Å². The summed E-state index contributed by atoms with van der Waals surface area (Å²) in [6.07, 6.45) is 2.48. The van der Waals surface area contributed by atoms with Crippen molar-refractivity contribution >= 4 is 57.4 Å². The molecule has 3 fully saturated rings. The summed E-state index contributed by atoms with van der Waals surface area (Å²) in [6, 6.07) is 36.1. The number of nitrogens with zero attached hydrogens (tertiary/aromatic N) is 2.